The molecule has 1 amide bonds. The van der Waals surface area contributed by atoms with Crippen LogP contribution in [0.15, 0.2) is 48.6 Å². The Morgan fingerprint density at radius 1 is 0.604 bits per heavy atom. The molecule has 0 aromatic rings. The molecule has 7 nitrogen and oxygen atoms in total. The van der Waals surface area contributed by atoms with Crippen molar-refractivity contribution >= 4 is 16.0 Å². The Kier molecular flexibility index (Phi) is 32.5. The van der Waals surface area contributed by atoms with Gasteiger partial charge in [0.1, 0.15) is 6.10 Å². The van der Waals surface area contributed by atoms with E-state index in [9.17, 15) is 28.0 Å². The number of carbonyl (C=O) groups is 1. The van der Waals surface area contributed by atoms with Gasteiger partial charge in [0.05, 0.1) is 17.9 Å². The molecule has 0 aromatic heterocycles. The lowest BCUT2D eigenvalue weighted by atomic mass is 10.0. The van der Waals surface area contributed by atoms with E-state index in [4.69, 9.17) is 0 Å². The molecule has 4 N–H and O–H groups in total. The molecule has 3 atom stereocenters. The Bertz CT molecular complexity index is 959. The summed E-state index contributed by atoms with van der Waals surface area (Å²) in [6.45, 7) is 4.36. The van der Waals surface area contributed by atoms with Crippen molar-refractivity contribution < 1.29 is 28.0 Å². The van der Waals surface area contributed by atoms with Crippen LogP contribution < -0.4 is 5.32 Å². The Balaban J connectivity index is 4.01. The van der Waals surface area contributed by atoms with Crippen LogP contribution >= 0.6 is 0 Å². The zero-order valence-corrected chi connectivity index (χ0v) is 31.5. The van der Waals surface area contributed by atoms with E-state index in [2.05, 4.69) is 55.6 Å². The van der Waals surface area contributed by atoms with Crippen LogP contribution in [0.2, 0.25) is 0 Å². The van der Waals surface area contributed by atoms with Crippen molar-refractivity contribution in [3.8, 4) is 0 Å². The van der Waals surface area contributed by atoms with Crippen molar-refractivity contribution in [1.29, 1.82) is 0 Å². The van der Waals surface area contributed by atoms with Crippen LogP contribution in [0.3, 0.4) is 0 Å². The maximum atomic E-state index is 12.5. The second-order valence-corrected chi connectivity index (χ2v) is 14.8. The zero-order valence-electron chi connectivity index (χ0n) is 30.7. The summed E-state index contributed by atoms with van der Waals surface area (Å²) in [6, 6.07) is -1.25. The van der Waals surface area contributed by atoms with Crippen LogP contribution in [-0.4, -0.2) is 53.1 Å². The van der Waals surface area contributed by atoms with Gasteiger partial charge in [-0.2, -0.15) is 8.42 Å². The van der Waals surface area contributed by atoms with E-state index >= 15 is 0 Å². The fraction of sp³-hybridized carbons (Fsp3) is 0.775. The monoisotopic (exact) mass is 696 g/mol. The highest BCUT2D eigenvalue weighted by atomic mass is 32.2. The third-order valence-corrected chi connectivity index (χ3v) is 9.38. The van der Waals surface area contributed by atoms with Crippen LogP contribution in [0.5, 0.6) is 0 Å². The summed E-state index contributed by atoms with van der Waals surface area (Å²) in [7, 11) is -4.45. The van der Waals surface area contributed by atoms with E-state index in [1.807, 2.05) is 0 Å². The molecular formula is C40H73NO6S. The van der Waals surface area contributed by atoms with Crippen molar-refractivity contribution in [3.05, 3.63) is 48.6 Å². The molecule has 0 saturated heterocycles. The summed E-state index contributed by atoms with van der Waals surface area (Å²) < 4.78 is 32.4. The molecule has 0 rings (SSSR count). The third kappa shape index (κ3) is 32.8. The highest BCUT2D eigenvalue weighted by Crippen LogP contribution is 2.14. The Labute approximate surface area is 295 Å². The molecule has 0 aromatic carbocycles. The fourth-order valence-corrected chi connectivity index (χ4v) is 6.36. The molecule has 0 saturated carbocycles. The molecule has 0 aliphatic carbocycles. The van der Waals surface area contributed by atoms with Crippen LogP contribution in [0, 0.1) is 0 Å². The molecular weight excluding hydrogens is 623 g/mol. The first-order chi connectivity index (χ1) is 23.2. The van der Waals surface area contributed by atoms with Gasteiger partial charge < -0.3 is 15.5 Å². The first-order valence-corrected chi connectivity index (χ1v) is 21.1. The van der Waals surface area contributed by atoms with Gasteiger partial charge in [0.2, 0.25) is 5.91 Å². The molecule has 0 aliphatic rings. The zero-order chi connectivity index (χ0) is 35.6. The number of aliphatic hydroxyl groups excluding tert-OH is 2. The lowest BCUT2D eigenvalue weighted by molar-refractivity contribution is -0.130. The molecule has 8 heteroatoms. The summed E-state index contributed by atoms with van der Waals surface area (Å²) in [5.41, 5.74) is 0. The molecule has 0 radical (unpaired) electrons. The normalized spacial score (nSPS) is 14.5. The van der Waals surface area contributed by atoms with Crippen LogP contribution in [0.4, 0.5) is 0 Å². The average molecular weight is 696 g/mol. The van der Waals surface area contributed by atoms with Gasteiger partial charge in [-0.15, -0.1) is 0 Å². The standard InChI is InChI=1S/C40H73NO6S/c1-3-5-7-9-11-13-15-16-17-18-19-20-21-22-23-25-27-29-31-33-35-39(43)40(44)41-37(36-48(45,46)47)38(42)34-32-30-28-26-24-14-12-10-8-6-4-2/h5,7,11,13,24,26,32,34,37-39,42-43H,3-4,6,8-10,12,14-23,25,27-31,33,35-36H2,1-2H3,(H,41,44)(H,45,46,47)/b7-5-,13-11-,26-24+,34-32+. The molecule has 0 fully saturated rings. The Morgan fingerprint density at radius 3 is 1.60 bits per heavy atom. The second-order valence-electron chi connectivity index (χ2n) is 13.3. The molecule has 0 bridgehead atoms. The minimum atomic E-state index is -4.45. The van der Waals surface area contributed by atoms with E-state index < -0.39 is 40.0 Å². The number of amides is 1. The first kappa shape index (κ1) is 46.3. The van der Waals surface area contributed by atoms with Crippen molar-refractivity contribution in [2.24, 2.45) is 0 Å². The largest absolute Gasteiger partial charge is 0.387 e. The lowest BCUT2D eigenvalue weighted by Crippen LogP contribution is -2.50. The smallest absolute Gasteiger partial charge is 0.267 e. The number of rotatable bonds is 34. The minimum absolute atomic E-state index is 0.272. The van der Waals surface area contributed by atoms with Gasteiger partial charge in [0.15, 0.2) is 0 Å². The van der Waals surface area contributed by atoms with Gasteiger partial charge in [-0.3, -0.25) is 9.35 Å². The predicted molar refractivity (Wildman–Crippen MR) is 204 cm³/mol. The minimum Gasteiger partial charge on any atom is -0.387 e. The van der Waals surface area contributed by atoms with Crippen LogP contribution in [0.25, 0.3) is 0 Å². The maximum absolute atomic E-state index is 12.5. The molecule has 0 spiro atoms. The first-order valence-electron chi connectivity index (χ1n) is 19.4. The van der Waals surface area contributed by atoms with Gasteiger partial charge in [-0.05, 0) is 57.8 Å². The quantitative estimate of drug-likeness (QED) is 0.0302. The molecule has 280 valence electrons. The Morgan fingerprint density at radius 2 is 1.06 bits per heavy atom. The van der Waals surface area contributed by atoms with Gasteiger partial charge in [0.25, 0.3) is 10.1 Å². The second kappa shape index (κ2) is 33.7. The highest BCUT2D eigenvalue weighted by molar-refractivity contribution is 7.85. The summed E-state index contributed by atoms with van der Waals surface area (Å²) >= 11 is 0. The van der Waals surface area contributed by atoms with E-state index in [-0.39, 0.29) is 6.42 Å². The van der Waals surface area contributed by atoms with Crippen molar-refractivity contribution in [2.75, 3.05) is 5.75 Å². The number of hydrogen-bond donors (Lipinski definition) is 4. The lowest BCUT2D eigenvalue weighted by Gasteiger charge is -2.22. The fourth-order valence-electron chi connectivity index (χ4n) is 5.63. The summed E-state index contributed by atoms with van der Waals surface area (Å²) in [6.07, 6.45) is 41.8. The highest BCUT2D eigenvalue weighted by Gasteiger charge is 2.27. The van der Waals surface area contributed by atoms with Gasteiger partial charge in [0, 0.05) is 0 Å². The van der Waals surface area contributed by atoms with E-state index in [0.29, 0.717) is 12.8 Å². The van der Waals surface area contributed by atoms with E-state index in [0.717, 1.165) is 44.9 Å². The number of allylic oxidation sites excluding steroid dienone is 7. The number of unbranched alkanes of at least 4 members (excludes halogenated alkanes) is 19. The van der Waals surface area contributed by atoms with E-state index in [1.165, 1.54) is 102 Å². The number of hydrogen-bond acceptors (Lipinski definition) is 5. The van der Waals surface area contributed by atoms with Crippen LogP contribution in [-0.2, 0) is 14.9 Å². The summed E-state index contributed by atoms with van der Waals surface area (Å²) in [4.78, 5) is 12.5. The maximum Gasteiger partial charge on any atom is 0.267 e. The SMILES string of the molecule is CC/C=C\C/C=C\CCCCCCCCCCCCCCCC(O)C(=O)NC(CS(=O)(=O)O)C(O)/C=C/CC/C=C/CCCCCCC. The van der Waals surface area contributed by atoms with Crippen molar-refractivity contribution in [1.82, 2.24) is 5.32 Å². The third-order valence-electron chi connectivity index (χ3n) is 8.60. The number of aliphatic hydroxyl groups is 2. The number of carbonyl (C=O) groups excluding carboxylic acids is 1. The Hall–Kier alpha value is -1.74. The summed E-state index contributed by atoms with van der Waals surface area (Å²) in [5.74, 6) is -1.56. The van der Waals surface area contributed by atoms with Gasteiger partial charge in [-0.1, -0.05) is 165 Å². The topological polar surface area (TPSA) is 124 Å². The number of nitrogens with one attached hydrogen (secondary N) is 1. The van der Waals surface area contributed by atoms with Gasteiger partial charge in [-0.25, -0.2) is 0 Å². The molecule has 0 heterocycles. The molecule has 48 heavy (non-hydrogen) atoms. The van der Waals surface area contributed by atoms with Gasteiger partial charge >= 0.3 is 0 Å². The predicted octanol–water partition coefficient (Wildman–Crippen LogP) is 10.1. The molecule has 0 aliphatic heterocycles. The van der Waals surface area contributed by atoms with E-state index in [1.54, 1.807) is 6.08 Å². The summed E-state index contributed by atoms with van der Waals surface area (Å²) in [5, 5.41) is 23.3. The molecule has 3 unspecified atom stereocenters. The van der Waals surface area contributed by atoms with Crippen molar-refractivity contribution in [3.63, 3.8) is 0 Å². The van der Waals surface area contributed by atoms with Crippen LogP contribution in [0.1, 0.15) is 174 Å². The average Bonchev–Trinajstić information content (AvgIpc) is 3.05. The van der Waals surface area contributed by atoms with Crippen molar-refractivity contribution in [2.45, 2.75) is 193 Å².